The van der Waals surface area contributed by atoms with E-state index in [1.807, 2.05) is 0 Å². The van der Waals surface area contributed by atoms with Crippen LogP contribution in [0.2, 0.25) is 0 Å². The predicted molar refractivity (Wildman–Crippen MR) is 54.1 cm³/mol. The molecule has 0 aromatic heterocycles. The van der Waals surface area contributed by atoms with Gasteiger partial charge in [0.05, 0.1) is 6.10 Å². The van der Waals surface area contributed by atoms with Gasteiger partial charge in [-0.1, -0.05) is 31.9 Å². The maximum absolute atomic E-state index is 9.50. The summed E-state index contributed by atoms with van der Waals surface area (Å²) in [5.41, 5.74) is 1.34. The van der Waals surface area contributed by atoms with Crippen LogP contribution in [0.4, 0.5) is 0 Å². The Balaban J connectivity index is 3.68. The maximum atomic E-state index is 9.50. The predicted octanol–water partition coefficient (Wildman–Crippen LogP) is 3.14. The molecule has 0 aliphatic heterocycles. The Bertz CT molecular complexity index is 134. The van der Waals surface area contributed by atoms with Crippen molar-refractivity contribution >= 4 is 0 Å². The van der Waals surface area contributed by atoms with Crippen LogP contribution < -0.4 is 0 Å². The highest BCUT2D eigenvalue weighted by Gasteiger charge is 2.06. The number of allylic oxidation sites excluding steroid dienone is 2. The number of aliphatic hydroxyl groups excluding tert-OH is 1. The smallest absolute Gasteiger partial charge is 0.0545 e. The molecule has 0 fully saturated rings. The van der Waals surface area contributed by atoms with E-state index in [1.54, 1.807) is 0 Å². The van der Waals surface area contributed by atoms with E-state index in [4.69, 9.17) is 0 Å². The first-order valence-corrected chi connectivity index (χ1v) is 4.89. The van der Waals surface area contributed by atoms with E-state index in [0.717, 1.165) is 19.3 Å². The van der Waals surface area contributed by atoms with E-state index >= 15 is 0 Å². The highest BCUT2D eigenvalue weighted by Crippen LogP contribution is 2.12. The van der Waals surface area contributed by atoms with Gasteiger partial charge in [-0.2, -0.15) is 0 Å². The van der Waals surface area contributed by atoms with Crippen molar-refractivity contribution in [2.75, 3.05) is 0 Å². The number of aliphatic hydroxyl groups is 1. The summed E-state index contributed by atoms with van der Waals surface area (Å²) in [5.74, 6) is 0.511. The molecule has 1 N–H and O–H groups in total. The molecule has 0 aromatic carbocycles. The van der Waals surface area contributed by atoms with Crippen LogP contribution in [0.15, 0.2) is 11.6 Å². The van der Waals surface area contributed by atoms with Gasteiger partial charge in [0.25, 0.3) is 0 Å². The lowest BCUT2D eigenvalue weighted by atomic mass is 9.99. The standard InChI is InChI=1S/C11H22O/c1-5-6-11(12)8-10(4)7-9(2)3/h7,10-12H,5-6,8H2,1-4H3. The van der Waals surface area contributed by atoms with Crippen LogP contribution in [-0.4, -0.2) is 11.2 Å². The number of hydrogen-bond donors (Lipinski definition) is 1. The average Bonchev–Trinajstić information content (AvgIpc) is 1.84. The third-order valence-corrected chi connectivity index (χ3v) is 1.88. The molecule has 0 saturated carbocycles. The van der Waals surface area contributed by atoms with Crippen LogP contribution in [0.5, 0.6) is 0 Å². The minimum atomic E-state index is -0.111. The van der Waals surface area contributed by atoms with Crippen molar-refractivity contribution in [2.45, 2.75) is 53.1 Å². The lowest BCUT2D eigenvalue weighted by molar-refractivity contribution is 0.142. The first-order valence-electron chi connectivity index (χ1n) is 4.89. The Kier molecular flexibility index (Phi) is 6.09. The molecule has 0 aliphatic carbocycles. The quantitative estimate of drug-likeness (QED) is 0.628. The molecule has 0 aliphatic rings. The van der Waals surface area contributed by atoms with Crippen molar-refractivity contribution in [1.82, 2.24) is 0 Å². The van der Waals surface area contributed by atoms with Crippen molar-refractivity contribution in [3.8, 4) is 0 Å². The molecule has 0 heterocycles. The monoisotopic (exact) mass is 170 g/mol. The van der Waals surface area contributed by atoms with Gasteiger partial charge in [0.1, 0.15) is 0 Å². The fraction of sp³-hybridized carbons (Fsp3) is 0.818. The molecule has 72 valence electrons. The molecule has 0 bridgehead atoms. The molecule has 0 aromatic rings. The fourth-order valence-corrected chi connectivity index (χ4v) is 1.52. The second-order valence-electron chi connectivity index (χ2n) is 3.90. The summed E-state index contributed by atoms with van der Waals surface area (Å²) in [6.45, 7) is 8.46. The van der Waals surface area contributed by atoms with E-state index < -0.39 is 0 Å². The van der Waals surface area contributed by atoms with E-state index in [-0.39, 0.29) is 6.10 Å². The molecule has 1 nitrogen and oxygen atoms in total. The van der Waals surface area contributed by atoms with Crippen molar-refractivity contribution in [1.29, 1.82) is 0 Å². The summed E-state index contributed by atoms with van der Waals surface area (Å²) in [5, 5.41) is 9.50. The molecule has 1 heteroatoms. The average molecular weight is 170 g/mol. The Morgan fingerprint density at radius 1 is 1.42 bits per heavy atom. The summed E-state index contributed by atoms with van der Waals surface area (Å²) in [4.78, 5) is 0. The van der Waals surface area contributed by atoms with Gasteiger partial charge in [-0.05, 0) is 32.6 Å². The van der Waals surface area contributed by atoms with Crippen molar-refractivity contribution in [2.24, 2.45) is 5.92 Å². The van der Waals surface area contributed by atoms with Gasteiger partial charge in [-0.15, -0.1) is 0 Å². The minimum Gasteiger partial charge on any atom is -0.393 e. The molecular formula is C11H22O. The molecule has 0 rings (SSSR count). The SMILES string of the molecule is CCCC(O)CC(C)C=C(C)C. The topological polar surface area (TPSA) is 20.2 Å². The minimum absolute atomic E-state index is 0.111. The zero-order valence-corrected chi connectivity index (χ0v) is 8.80. The first-order chi connectivity index (χ1) is 5.56. The van der Waals surface area contributed by atoms with Crippen LogP contribution in [0.1, 0.15) is 47.0 Å². The van der Waals surface area contributed by atoms with Gasteiger partial charge in [0, 0.05) is 0 Å². The number of rotatable bonds is 5. The van der Waals surface area contributed by atoms with Gasteiger partial charge in [0.2, 0.25) is 0 Å². The molecule has 2 atom stereocenters. The van der Waals surface area contributed by atoms with Gasteiger partial charge >= 0.3 is 0 Å². The largest absolute Gasteiger partial charge is 0.393 e. The third-order valence-electron chi connectivity index (χ3n) is 1.88. The van der Waals surface area contributed by atoms with Gasteiger partial charge in [0.15, 0.2) is 0 Å². The summed E-state index contributed by atoms with van der Waals surface area (Å²) >= 11 is 0. The molecular weight excluding hydrogens is 148 g/mol. The third kappa shape index (κ3) is 6.41. The first kappa shape index (κ1) is 11.7. The van der Waals surface area contributed by atoms with E-state index in [0.29, 0.717) is 5.92 Å². The molecule has 0 radical (unpaired) electrons. The molecule has 0 saturated heterocycles. The second-order valence-corrected chi connectivity index (χ2v) is 3.90. The lowest BCUT2D eigenvalue weighted by Gasteiger charge is -2.12. The van der Waals surface area contributed by atoms with Crippen LogP contribution in [0.3, 0.4) is 0 Å². The van der Waals surface area contributed by atoms with Gasteiger partial charge < -0.3 is 5.11 Å². The van der Waals surface area contributed by atoms with Gasteiger partial charge in [-0.3, -0.25) is 0 Å². The van der Waals surface area contributed by atoms with Gasteiger partial charge in [-0.25, -0.2) is 0 Å². The highest BCUT2D eigenvalue weighted by molar-refractivity contribution is 4.96. The van der Waals surface area contributed by atoms with Crippen LogP contribution in [0.25, 0.3) is 0 Å². The zero-order chi connectivity index (χ0) is 9.56. The maximum Gasteiger partial charge on any atom is 0.0545 e. The second kappa shape index (κ2) is 6.24. The Hall–Kier alpha value is -0.300. The van der Waals surface area contributed by atoms with Crippen LogP contribution in [0, 0.1) is 5.92 Å². The van der Waals surface area contributed by atoms with E-state index in [2.05, 4.69) is 33.8 Å². The molecule has 12 heavy (non-hydrogen) atoms. The molecule has 0 amide bonds. The van der Waals surface area contributed by atoms with Crippen molar-refractivity contribution in [3.63, 3.8) is 0 Å². The Morgan fingerprint density at radius 2 is 2.00 bits per heavy atom. The Labute approximate surface area is 76.5 Å². The highest BCUT2D eigenvalue weighted by atomic mass is 16.3. The summed E-state index contributed by atoms with van der Waals surface area (Å²) in [7, 11) is 0. The zero-order valence-electron chi connectivity index (χ0n) is 8.80. The summed E-state index contributed by atoms with van der Waals surface area (Å²) in [6, 6.07) is 0. The summed E-state index contributed by atoms with van der Waals surface area (Å²) in [6.07, 6.45) is 5.02. The van der Waals surface area contributed by atoms with E-state index in [1.165, 1.54) is 5.57 Å². The van der Waals surface area contributed by atoms with Crippen molar-refractivity contribution < 1.29 is 5.11 Å². The van der Waals surface area contributed by atoms with E-state index in [9.17, 15) is 5.11 Å². The van der Waals surface area contributed by atoms with Crippen LogP contribution >= 0.6 is 0 Å². The molecule has 2 unspecified atom stereocenters. The summed E-state index contributed by atoms with van der Waals surface area (Å²) < 4.78 is 0. The number of hydrogen-bond acceptors (Lipinski definition) is 1. The Morgan fingerprint density at radius 3 is 2.42 bits per heavy atom. The van der Waals surface area contributed by atoms with Crippen LogP contribution in [-0.2, 0) is 0 Å². The normalized spacial score (nSPS) is 15.4. The fourth-order valence-electron chi connectivity index (χ4n) is 1.52. The molecule has 0 spiro atoms. The van der Waals surface area contributed by atoms with Crippen molar-refractivity contribution in [3.05, 3.63) is 11.6 Å². The lowest BCUT2D eigenvalue weighted by Crippen LogP contribution is -2.09.